The van der Waals surface area contributed by atoms with Crippen molar-refractivity contribution in [3.8, 4) is 0 Å². The molecule has 0 atom stereocenters. The van der Waals surface area contributed by atoms with Crippen molar-refractivity contribution >= 4 is 64.6 Å². The van der Waals surface area contributed by atoms with E-state index >= 15 is 0 Å². The fourth-order valence-corrected chi connectivity index (χ4v) is 6.94. The molecule has 2 aliphatic carbocycles. The quantitative estimate of drug-likeness (QED) is 0.187. The molecule has 0 unspecified atom stereocenters. The molecular formula is C42H35Cl2FN2O. The Kier molecular flexibility index (Phi) is 9.95. The standard InChI is InChI=1S/C32H25ClFNO.C10H9N.ClH/c1-19-6-2-3-11-31(19)35-20-12-13-28(29(33)18-20)32(36)27-9-4-7-21-23-16-17-26-22(8-5-10-30(26)34)24(23)14-15-25(21)27;1-2-7-10-9(5-1)6-3-4-8-11-10;/h2-3,5-6,8,10-15,17-18,35H,4,7,9,16H2,1H3;1-8,11H;1H. The number of ketones is 1. The molecule has 3 aliphatic rings. The molecule has 1 aliphatic heterocycles. The number of halogens is 3. The third-order valence-corrected chi connectivity index (χ3v) is 9.37. The minimum Gasteiger partial charge on any atom is -0.361 e. The van der Waals surface area contributed by atoms with E-state index in [-0.39, 0.29) is 24.0 Å². The molecule has 0 saturated heterocycles. The van der Waals surface area contributed by atoms with Gasteiger partial charge in [-0.1, -0.05) is 90.5 Å². The van der Waals surface area contributed by atoms with Crippen LogP contribution in [0, 0.1) is 23.2 Å². The highest BCUT2D eigenvalue weighted by molar-refractivity contribution is 6.38. The van der Waals surface area contributed by atoms with Crippen LogP contribution in [-0.4, -0.2) is 5.78 Å². The number of benzene rings is 5. The van der Waals surface area contributed by atoms with Crippen LogP contribution in [0.5, 0.6) is 0 Å². The van der Waals surface area contributed by atoms with Gasteiger partial charge < -0.3 is 10.6 Å². The number of hydrogen-bond acceptors (Lipinski definition) is 3. The Morgan fingerprint density at radius 1 is 0.833 bits per heavy atom. The molecule has 6 heteroatoms. The van der Waals surface area contributed by atoms with Crippen LogP contribution in [0.1, 0.15) is 45.5 Å². The van der Waals surface area contributed by atoms with E-state index in [0.717, 1.165) is 63.1 Å². The first-order valence-electron chi connectivity index (χ1n) is 16.0. The van der Waals surface area contributed by atoms with Crippen LogP contribution in [0.4, 0.5) is 21.5 Å². The van der Waals surface area contributed by atoms with Gasteiger partial charge >= 0.3 is 0 Å². The number of aryl methyl sites for hydroxylation is 1. The summed E-state index contributed by atoms with van der Waals surface area (Å²) in [5.41, 5.74) is 9.13. The summed E-state index contributed by atoms with van der Waals surface area (Å²) in [6, 6.07) is 31.1. The number of hydrogen-bond donors (Lipinski definition) is 2. The zero-order valence-corrected chi connectivity index (χ0v) is 28.1. The normalized spacial score (nSPS) is 13.4. The summed E-state index contributed by atoms with van der Waals surface area (Å²) in [6.07, 6.45) is 13.2. The second-order valence-electron chi connectivity index (χ2n) is 12.0. The zero-order chi connectivity index (χ0) is 32.3. The summed E-state index contributed by atoms with van der Waals surface area (Å²) >= 11 is 6.65. The number of carbonyl (C=O) groups excluding carboxylic acids is 1. The molecule has 1 heterocycles. The van der Waals surface area contributed by atoms with Gasteiger partial charge in [0.05, 0.1) is 5.02 Å². The predicted molar refractivity (Wildman–Crippen MR) is 200 cm³/mol. The smallest absolute Gasteiger partial charge is 0.191 e. The van der Waals surface area contributed by atoms with Crippen LogP contribution in [0.3, 0.4) is 0 Å². The van der Waals surface area contributed by atoms with Crippen LogP contribution in [0.25, 0.3) is 17.7 Å². The molecule has 2 N–H and O–H groups in total. The highest BCUT2D eigenvalue weighted by atomic mass is 35.5. The molecule has 0 spiro atoms. The predicted octanol–water partition coefficient (Wildman–Crippen LogP) is 9.59. The minimum absolute atomic E-state index is 0. The lowest BCUT2D eigenvalue weighted by Gasteiger charge is -2.20. The van der Waals surface area contributed by atoms with Crippen molar-refractivity contribution in [2.75, 3.05) is 10.6 Å². The highest BCUT2D eigenvalue weighted by Gasteiger charge is 2.22. The summed E-state index contributed by atoms with van der Waals surface area (Å²) in [5.74, 6) is -0.206. The number of anilines is 3. The summed E-state index contributed by atoms with van der Waals surface area (Å²) in [6.45, 7) is 2.05. The second kappa shape index (κ2) is 14.5. The number of nitrogens with one attached hydrogen (secondary N) is 2. The summed E-state index contributed by atoms with van der Waals surface area (Å²) in [7, 11) is 0. The average molecular weight is 674 g/mol. The van der Waals surface area contributed by atoms with Crippen LogP contribution in [0.2, 0.25) is 5.02 Å². The van der Waals surface area contributed by atoms with E-state index in [1.807, 2.05) is 98.1 Å². The minimum atomic E-state index is -0.187. The first-order chi connectivity index (χ1) is 23.0. The molecule has 0 amide bonds. The van der Waals surface area contributed by atoms with Crippen LogP contribution in [0.15, 0.2) is 115 Å². The Morgan fingerprint density at radius 2 is 1.65 bits per heavy atom. The molecule has 0 saturated carbocycles. The van der Waals surface area contributed by atoms with Crippen molar-refractivity contribution in [3.05, 3.63) is 175 Å². The highest BCUT2D eigenvalue weighted by Crippen LogP contribution is 2.30. The van der Waals surface area contributed by atoms with Gasteiger partial charge in [-0.3, -0.25) is 4.79 Å². The Labute approximate surface area is 290 Å². The van der Waals surface area contributed by atoms with Crippen molar-refractivity contribution in [1.82, 2.24) is 0 Å². The first-order valence-corrected chi connectivity index (χ1v) is 16.3. The molecule has 3 nitrogen and oxygen atoms in total. The van der Waals surface area contributed by atoms with Crippen LogP contribution < -0.4 is 21.1 Å². The van der Waals surface area contributed by atoms with Gasteiger partial charge in [0, 0.05) is 39.6 Å². The van der Waals surface area contributed by atoms with Gasteiger partial charge in [0.2, 0.25) is 0 Å². The van der Waals surface area contributed by atoms with E-state index in [9.17, 15) is 9.18 Å². The van der Waals surface area contributed by atoms with Crippen LogP contribution in [-0.2, 0) is 12.8 Å². The van der Waals surface area contributed by atoms with E-state index in [0.29, 0.717) is 22.2 Å². The van der Waals surface area contributed by atoms with Gasteiger partial charge in [-0.15, -0.1) is 12.4 Å². The number of para-hydroxylation sites is 2. The summed E-state index contributed by atoms with van der Waals surface area (Å²) < 4.78 is 14.4. The first kappa shape index (κ1) is 33.0. The molecule has 0 bridgehead atoms. The molecule has 0 fully saturated rings. The second-order valence-corrected chi connectivity index (χ2v) is 12.4. The van der Waals surface area contributed by atoms with Gasteiger partial charge in [0.25, 0.3) is 0 Å². The molecule has 5 aromatic rings. The van der Waals surface area contributed by atoms with E-state index in [1.165, 1.54) is 22.8 Å². The number of rotatable bonds is 4. The van der Waals surface area contributed by atoms with Gasteiger partial charge in [0.1, 0.15) is 5.82 Å². The van der Waals surface area contributed by atoms with Gasteiger partial charge in [-0.25, -0.2) is 4.39 Å². The number of Topliss-reactive ketones (excluding diaryl/α,β-unsaturated/α-hetero) is 1. The van der Waals surface area contributed by atoms with E-state index in [4.69, 9.17) is 11.6 Å². The Hall–Kier alpha value is -4.90. The van der Waals surface area contributed by atoms with Crippen molar-refractivity contribution in [2.45, 2.75) is 32.6 Å². The van der Waals surface area contributed by atoms with E-state index in [2.05, 4.69) is 34.9 Å². The maximum absolute atomic E-state index is 14.4. The third kappa shape index (κ3) is 6.60. The number of fused-ring (bicyclic) bond motifs is 5. The Morgan fingerprint density at radius 3 is 2.50 bits per heavy atom. The summed E-state index contributed by atoms with van der Waals surface area (Å²) in [5, 5.41) is 10.7. The average Bonchev–Trinajstić information content (AvgIpc) is 3.35. The summed E-state index contributed by atoms with van der Waals surface area (Å²) in [4.78, 5) is 13.7. The van der Waals surface area contributed by atoms with Gasteiger partial charge in [-0.05, 0) is 113 Å². The maximum Gasteiger partial charge on any atom is 0.191 e. The third-order valence-electron chi connectivity index (χ3n) is 9.06. The fourth-order valence-electron chi connectivity index (χ4n) is 6.68. The van der Waals surface area contributed by atoms with E-state index in [1.54, 1.807) is 6.07 Å². The van der Waals surface area contributed by atoms with Crippen molar-refractivity contribution in [1.29, 1.82) is 0 Å². The molecule has 240 valence electrons. The Balaban J connectivity index is 0.000000283. The fraction of sp³-hybridized carbons (Fsp3) is 0.119. The monoisotopic (exact) mass is 672 g/mol. The molecular weight excluding hydrogens is 638 g/mol. The maximum atomic E-state index is 14.4. The van der Waals surface area contributed by atoms with E-state index < -0.39 is 0 Å². The largest absolute Gasteiger partial charge is 0.361 e. The SMILES string of the molecule is C1=CNc2ccccc2C=C1.Cc1ccccc1Nc1ccc(C(=O)C2=c3ccc4c(c3CCC2)CC=c2c(F)cccc2=4)c(Cl)c1.Cl. The van der Waals surface area contributed by atoms with Crippen molar-refractivity contribution in [3.63, 3.8) is 0 Å². The van der Waals surface area contributed by atoms with Gasteiger partial charge in [0.15, 0.2) is 5.78 Å². The van der Waals surface area contributed by atoms with Crippen molar-refractivity contribution in [2.24, 2.45) is 0 Å². The lowest BCUT2D eigenvalue weighted by atomic mass is 9.83. The lowest BCUT2D eigenvalue weighted by Crippen LogP contribution is -2.26. The molecule has 5 aromatic carbocycles. The molecule has 0 aromatic heterocycles. The lowest BCUT2D eigenvalue weighted by molar-refractivity contribution is 0.105. The van der Waals surface area contributed by atoms with Crippen molar-refractivity contribution < 1.29 is 9.18 Å². The number of carbonyl (C=O) groups is 1. The molecule has 48 heavy (non-hydrogen) atoms. The van der Waals surface area contributed by atoms with Gasteiger partial charge in [-0.2, -0.15) is 0 Å². The molecule has 0 radical (unpaired) electrons. The number of allylic oxidation sites excluding steroid dienone is 2. The Bertz CT molecular complexity index is 2330. The topological polar surface area (TPSA) is 41.1 Å². The molecule has 8 rings (SSSR count). The van der Waals surface area contributed by atoms with Crippen LogP contribution >= 0.6 is 24.0 Å². The zero-order valence-electron chi connectivity index (χ0n) is 26.5.